The number of aryl methyl sites for hydroxylation is 1. The van der Waals surface area contributed by atoms with Crippen LogP contribution in [0.25, 0.3) is 0 Å². The monoisotopic (exact) mass is 272 g/mol. The molecule has 0 aliphatic heterocycles. The van der Waals surface area contributed by atoms with Gasteiger partial charge in [-0.05, 0) is 24.6 Å². The zero-order valence-electron chi connectivity index (χ0n) is 10.8. The molecule has 0 heterocycles. The van der Waals surface area contributed by atoms with Gasteiger partial charge in [0.25, 0.3) is 0 Å². The average molecular weight is 272 g/mol. The Kier molecular flexibility index (Phi) is 4.34. The SMILES string of the molecule is COc1cc(C)c(C(=O)CS(C)(=O)=O)cc1OC. The van der Waals surface area contributed by atoms with Gasteiger partial charge in [0.05, 0.1) is 14.2 Å². The zero-order valence-corrected chi connectivity index (χ0v) is 11.6. The number of benzene rings is 1. The molecule has 0 radical (unpaired) electrons. The van der Waals surface area contributed by atoms with Crippen LogP contribution in [0.3, 0.4) is 0 Å². The minimum atomic E-state index is -3.35. The number of sulfone groups is 1. The second-order valence-electron chi connectivity index (χ2n) is 4.02. The van der Waals surface area contributed by atoms with Gasteiger partial charge >= 0.3 is 0 Å². The van der Waals surface area contributed by atoms with Crippen LogP contribution in [0.4, 0.5) is 0 Å². The molecule has 1 aromatic carbocycles. The van der Waals surface area contributed by atoms with Crippen LogP contribution in [0.2, 0.25) is 0 Å². The molecule has 0 saturated carbocycles. The third-order valence-corrected chi connectivity index (χ3v) is 3.21. The van der Waals surface area contributed by atoms with Gasteiger partial charge in [-0.1, -0.05) is 0 Å². The second kappa shape index (κ2) is 5.39. The van der Waals surface area contributed by atoms with Crippen LogP contribution < -0.4 is 9.47 Å². The van der Waals surface area contributed by atoms with Crippen molar-refractivity contribution < 1.29 is 22.7 Å². The maximum Gasteiger partial charge on any atom is 0.178 e. The van der Waals surface area contributed by atoms with E-state index in [0.29, 0.717) is 22.6 Å². The number of hydrogen-bond acceptors (Lipinski definition) is 5. The van der Waals surface area contributed by atoms with Crippen LogP contribution in [0, 0.1) is 6.92 Å². The highest BCUT2D eigenvalue weighted by atomic mass is 32.2. The molecule has 0 amide bonds. The molecule has 0 saturated heterocycles. The van der Waals surface area contributed by atoms with Crippen molar-refractivity contribution in [1.29, 1.82) is 0 Å². The zero-order chi connectivity index (χ0) is 13.9. The molecule has 1 aromatic rings. The van der Waals surface area contributed by atoms with Crippen LogP contribution >= 0.6 is 0 Å². The maximum absolute atomic E-state index is 11.9. The molecule has 1 rings (SSSR count). The van der Waals surface area contributed by atoms with Gasteiger partial charge in [0.2, 0.25) is 0 Å². The van der Waals surface area contributed by atoms with Crippen molar-refractivity contribution in [2.75, 3.05) is 26.2 Å². The van der Waals surface area contributed by atoms with Gasteiger partial charge in [-0.3, -0.25) is 4.79 Å². The molecule has 100 valence electrons. The molecule has 0 atom stereocenters. The molecule has 18 heavy (non-hydrogen) atoms. The predicted molar refractivity (Wildman–Crippen MR) is 68.3 cm³/mol. The lowest BCUT2D eigenvalue weighted by Gasteiger charge is -2.11. The Labute approximate surface area is 107 Å². The quantitative estimate of drug-likeness (QED) is 0.754. The largest absolute Gasteiger partial charge is 0.493 e. The molecule has 0 fully saturated rings. The standard InChI is InChI=1S/C12H16O5S/c1-8-5-11(16-2)12(17-3)6-9(8)10(13)7-18(4,14)15/h5-6H,7H2,1-4H3. The first-order valence-electron chi connectivity index (χ1n) is 5.22. The van der Waals surface area contributed by atoms with E-state index in [1.165, 1.54) is 20.3 Å². The molecule has 5 nitrogen and oxygen atoms in total. The lowest BCUT2D eigenvalue weighted by Crippen LogP contribution is -2.15. The number of ether oxygens (including phenoxy) is 2. The van der Waals surface area contributed by atoms with Crippen LogP contribution in [0.1, 0.15) is 15.9 Å². The van der Waals surface area contributed by atoms with Crippen molar-refractivity contribution in [3.63, 3.8) is 0 Å². The normalized spacial score (nSPS) is 11.1. The fourth-order valence-electron chi connectivity index (χ4n) is 1.60. The van der Waals surface area contributed by atoms with E-state index in [0.717, 1.165) is 6.26 Å². The van der Waals surface area contributed by atoms with E-state index in [2.05, 4.69) is 0 Å². The summed E-state index contributed by atoms with van der Waals surface area (Å²) < 4.78 is 32.4. The number of carbonyl (C=O) groups excluding carboxylic acids is 1. The van der Waals surface area contributed by atoms with Crippen molar-refractivity contribution >= 4 is 15.6 Å². The molecule has 0 aliphatic rings. The van der Waals surface area contributed by atoms with Crippen molar-refractivity contribution in [2.24, 2.45) is 0 Å². The van der Waals surface area contributed by atoms with Gasteiger partial charge in [-0.15, -0.1) is 0 Å². The third-order valence-electron chi connectivity index (χ3n) is 2.42. The minimum absolute atomic E-state index is 0.332. The van der Waals surface area contributed by atoms with Crippen LogP contribution in [0.15, 0.2) is 12.1 Å². The van der Waals surface area contributed by atoms with E-state index in [1.807, 2.05) is 0 Å². The summed E-state index contributed by atoms with van der Waals surface area (Å²) in [4.78, 5) is 11.9. The van der Waals surface area contributed by atoms with E-state index in [9.17, 15) is 13.2 Å². The predicted octanol–water partition coefficient (Wildman–Crippen LogP) is 1.24. The lowest BCUT2D eigenvalue weighted by molar-refractivity contribution is 0.102. The molecule has 0 spiro atoms. The summed E-state index contributed by atoms with van der Waals surface area (Å²) in [6.45, 7) is 1.72. The lowest BCUT2D eigenvalue weighted by atomic mass is 10.0. The Balaban J connectivity index is 3.21. The van der Waals surface area contributed by atoms with Crippen molar-refractivity contribution in [2.45, 2.75) is 6.92 Å². The first-order chi connectivity index (χ1) is 8.28. The van der Waals surface area contributed by atoms with E-state index < -0.39 is 21.4 Å². The summed E-state index contributed by atoms with van der Waals surface area (Å²) in [5, 5.41) is 0. The van der Waals surface area contributed by atoms with E-state index >= 15 is 0 Å². The number of ketones is 1. The molecule has 0 aromatic heterocycles. The molecule has 6 heteroatoms. The molecule has 0 N–H and O–H groups in total. The highest BCUT2D eigenvalue weighted by Gasteiger charge is 2.18. The Bertz CT molecular complexity index is 560. The van der Waals surface area contributed by atoms with Gasteiger partial charge in [0.1, 0.15) is 5.75 Å². The van der Waals surface area contributed by atoms with Crippen LogP contribution in [0.5, 0.6) is 11.5 Å². The van der Waals surface area contributed by atoms with Gasteiger partial charge in [-0.25, -0.2) is 8.42 Å². The summed E-state index contributed by atoms with van der Waals surface area (Å²) in [7, 11) is -0.393. The number of hydrogen-bond donors (Lipinski definition) is 0. The molecule has 0 unspecified atom stereocenters. The smallest absolute Gasteiger partial charge is 0.178 e. The van der Waals surface area contributed by atoms with Crippen molar-refractivity contribution in [3.05, 3.63) is 23.3 Å². The number of methoxy groups -OCH3 is 2. The van der Waals surface area contributed by atoms with Gasteiger partial charge in [-0.2, -0.15) is 0 Å². The third kappa shape index (κ3) is 3.46. The number of rotatable bonds is 5. The Morgan fingerprint density at radius 2 is 1.67 bits per heavy atom. The molecule has 0 aliphatic carbocycles. The molecular weight excluding hydrogens is 256 g/mol. The fraction of sp³-hybridized carbons (Fsp3) is 0.417. The summed E-state index contributed by atoms with van der Waals surface area (Å²) in [5.74, 6) is -0.0506. The summed E-state index contributed by atoms with van der Waals surface area (Å²) in [6, 6.07) is 3.15. The highest BCUT2D eigenvalue weighted by Crippen LogP contribution is 2.30. The number of Topliss-reactive ketones (excluding diaryl/α,β-unsaturated/α-hetero) is 1. The van der Waals surface area contributed by atoms with Crippen molar-refractivity contribution in [3.8, 4) is 11.5 Å². The van der Waals surface area contributed by atoms with E-state index in [1.54, 1.807) is 13.0 Å². The first-order valence-corrected chi connectivity index (χ1v) is 7.28. The Hall–Kier alpha value is -1.56. The van der Waals surface area contributed by atoms with Gasteiger partial charge in [0, 0.05) is 11.8 Å². The summed E-state index contributed by atoms with van der Waals surface area (Å²) in [5.41, 5.74) is 0.986. The second-order valence-corrected chi connectivity index (χ2v) is 6.16. The average Bonchev–Trinajstić information content (AvgIpc) is 2.26. The summed E-state index contributed by atoms with van der Waals surface area (Å²) in [6.07, 6.45) is 1.03. The first kappa shape index (κ1) is 14.5. The summed E-state index contributed by atoms with van der Waals surface area (Å²) >= 11 is 0. The van der Waals surface area contributed by atoms with Gasteiger partial charge in [0.15, 0.2) is 27.1 Å². The fourth-order valence-corrected chi connectivity index (χ4v) is 2.23. The Morgan fingerprint density at radius 1 is 1.17 bits per heavy atom. The van der Waals surface area contributed by atoms with Gasteiger partial charge < -0.3 is 9.47 Å². The van der Waals surface area contributed by atoms with Crippen LogP contribution in [-0.2, 0) is 9.84 Å². The topological polar surface area (TPSA) is 69.7 Å². The van der Waals surface area contributed by atoms with E-state index in [4.69, 9.17) is 9.47 Å². The molecular formula is C12H16O5S. The highest BCUT2D eigenvalue weighted by molar-refractivity contribution is 7.91. The maximum atomic E-state index is 11.9. The molecule has 0 bridgehead atoms. The van der Waals surface area contributed by atoms with Crippen LogP contribution in [-0.4, -0.2) is 40.4 Å². The number of carbonyl (C=O) groups is 1. The minimum Gasteiger partial charge on any atom is -0.493 e. The Morgan fingerprint density at radius 3 is 2.11 bits per heavy atom. The van der Waals surface area contributed by atoms with Crippen molar-refractivity contribution in [1.82, 2.24) is 0 Å². The van der Waals surface area contributed by atoms with E-state index in [-0.39, 0.29) is 0 Å².